The van der Waals surface area contributed by atoms with Gasteiger partial charge in [-0.05, 0) is 44.7 Å². The number of carbonyl (C=O) groups excluding carboxylic acids is 1. The van der Waals surface area contributed by atoms with Crippen molar-refractivity contribution in [1.82, 2.24) is 9.95 Å². The number of hydrogen-bond acceptors (Lipinski definition) is 2. The van der Waals surface area contributed by atoms with E-state index < -0.39 is 28.6 Å². The van der Waals surface area contributed by atoms with Gasteiger partial charge in [0.25, 0.3) is 5.91 Å². The van der Waals surface area contributed by atoms with Crippen molar-refractivity contribution >= 4 is 17.7 Å². The fourth-order valence-corrected chi connectivity index (χ4v) is 1.61. The molecule has 0 radical (unpaired) electrons. The van der Waals surface area contributed by atoms with Crippen LogP contribution in [0.4, 0.5) is 8.78 Å². The summed E-state index contributed by atoms with van der Waals surface area (Å²) in [5, 5.41) is 0.954. The molecule has 1 rings (SSSR count). The van der Waals surface area contributed by atoms with Gasteiger partial charge in [0.1, 0.15) is 17.2 Å². The molecule has 1 aromatic rings. The Kier molecular flexibility index (Phi) is 4.06. The van der Waals surface area contributed by atoms with E-state index in [1.54, 1.807) is 20.8 Å². The third-order valence-corrected chi connectivity index (χ3v) is 2.30. The van der Waals surface area contributed by atoms with Crippen molar-refractivity contribution in [3.63, 3.8) is 0 Å². The van der Waals surface area contributed by atoms with Crippen molar-refractivity contribution in [3.8, 4) is 0 Å². The first kappa shape index (κ1) is 13.9. The number of benzene rings is 1. The van der Waals surface area contributed by atoms with E-state index in [4.69, 9.17) is 11.8 Å². The van der Waals surface area contributed by atoms with Gasteiger partial charge in [0.15, 0.2) is 0 Å². The van der Waals surface area contributed by atoms with Crippen molar-refractivity contribution in [2.75, 3.05) is 0 Å². The molecule has 6 heteroatoms. The highest BCUT2D eigenvalue weighted by atomic mass is 35.5. The van der Waals surface area contributed by atoms with Crippen LogP contribution in [-0.4, -0.2) is 16.5 Å². The van der Waals surface area contributed by atoms with E-state index in [-0.39, 0.29) is 0 Å². The first-order valence-electron chi connectivity index (χ1n) is 4.94. The Balaban J connectivity index is 3.20. The molecule has 1 aromatic carbocycles. The van der Waals surface area contributed by atoms with Crippen molar-refractivity contribution in [3.05, 3.63) is 35.4 Å². The number of hydrogen-bond donors (Lipinski definition) is 1. The largest absolute Gasteiger partial charge is 0.275 e. The van der Waals surface area contributed by atoms with Crippen LogP contribution in [-0.2, 0) is 0 Å². The average Bonchev–Trinajstić information content (AvgIpc) is 2.15. The molecule has 0 atom stereocenters. The molecule has 0 saturated carbocycles. The summed E-state index contributed by atoms with van der Waals surface area (Å²) >= 11 is 5.41. The number of nitrogens with zero attached hydrogens (tertiary/aromatic N) is 1. The van der Waals surface area contributed by atoms with E-state index in [2.05, 4.69) is 4.94 Å². The van der Waals surface area contributed by atoms with Gasteiger partial charge in [-0.15, -0.1) is 4.94 Å². The van der Waals surface area contributed by atoms with E-state index in [1.165, 1.54) is 6.07 Å². The van der Waals surface area contributed by atoms with Gasteiger partial charge in [0.2, 0.25) is 0 Å². The number of halogens is 3. The Labute approximate surface area is 103 Å². The summed E-state index contributed by atoms with van der Waals surface area (Å²) in [6.45, 7) is 5.04. The van der Waals surface area contributed by atoms with Crippen LogP contribution in [0.1, 0.15) is 31.1 Å². The molecule has 1 N–H and O–H groups in total. The summed E-state index contributed by atoms with van der Waals surface area (Å²) in [4.78, 5) is 14.1. The summed E-state index contributed by atoms with van der Waals surface area (Å²) in [7, 11) is 0. The van der Waals surface area contributed by atoms with Gasteiger partial charge in [0, 0.05) is 0 Å². The fraction of sp³-hybridized carbons (Fsp3) is 0.364. The number of nitrogens with one attached hydrogen (secondary N) is 1. The molecule has 0 saturated heterocycles. The van der Waals surface area contributed by atoms with Gasteiger partial charge in [0.05, 0.1) is 5.54 Å². The SMILES string of the molecule is CC(C)(C)N(NCl)C(=O)c1c(F)cccc1F. The lowest BCUT2D eigenvalue weighted by molar-refractivity contribution is 0.0505. The minimum atomic E-state index is -0.920. The fourth-order valence-electron chi connectivity index (χ4n) is 1.28. The molecule has 0 aliphatic carbocycles. The first-order chi connectivity index (χ1) is 7.79. The molecular formula is C11H13ClF2N2O. The first-order valence-corrected chi connectivity index (χ1v) is 5.31. The van der Waals surface area contributed by atoms with E-state index >= 15 is 0 Å². The second kappa shape index (κ2) is 4.98. The van der Waals surface area contributed by atoms with Crippen molar-refractivity contribution < 1.29 is 13.6 Å². The molecular weight excluding hydrogens is 250 g/mol. The third kappa shape index (κ3) is 2.92. The minimum absolute atomic E-state index is 0.629. The Morgan fingerprint density at radius 1 is 1.29 bits per heavy atom. The zero-order valence-electron chi connectivity index (χ0n) is 9.72. The van der Waals surface area contributed by atoms with Gasteiger partial charge in [-0.1, -0.05) is 6.07 Å². The van der Waals surface area contributed by atoms with Gasteiger partial charge in [-0.2, -0.15) is 0 Å². The molecule has 3 nitrogen and oxygen atoms in total. The Bertz CT molecular complexity index is 412. The van der Waals surface area contributed by atoms with Crippen LogP contribution in [0.2, 0.25) is 0 Å². The van der Waals surface area contributed by atoms with Gasteiger partial charge in [-0.25, -0.2) is 8.78 Å². The highest BCUT2D eigenvalue weighted by Crippen LogP contribution is 2.19. The smallest absolute Gasteiger partial charge is 0.267 e. The quantitative estimate of drug-likeness (QED) is 0.657. The Morgan fingerprint density at radius 3 is 2.12 bits per heavy atom. The van der Waals surface area contributed by atoms with Gasteiger partial charge in [-0.3, -0.25) is 9.80 Å². The number of carbonyl (C=O) groups is 1. The second-order valence-corrected chi connectivity index (χ2v) is 4.66. The predicted octanol–water partition coefficient (Wildman–Crippen LogP) is 2.86. The highest BCUT2D eigenvalue weighted by molar-refractivity contribution is 6.14. The molecule has 0 fully saturated rings. The maximum absolute atomic E-state index is 13.4. The standard InChI is InChI=1S/C11H13ClF2N2O/c1-11(2,3)16(15-12)10(17)9-7(13)5-4-6-8(9)14/h4-6,15H,1-3H3. The molecule has 1 amide bonds. The normalized spacial score (nSPS) is 11.4. The molecule has 0 aliphatic heterocycles. The molecule has 0 heterocycles. The van der Waals surface area contributed by atoms with Crippen molar-refractivity contribution in [2.45, 2.75) is 26.3 Å². The lowest BCUT2D eigenvalue weighted by Crippen LogP contribution is -2.51. The lowest BCUT2D eigenvalue weighted by atomic mass is 10.1. The lowest BCUT2D eigenvalue weighted by Gasteiger charge is -2.33. The molecule has 0 aliphatic rings. The second-order valence-electron chi connectivity index (χ2n) is 4.49. The maximum atomic E-state index is 13.4. The van der Waals surface area contributed by atoms with E-state index in [9.17, 15) is 13.6 Å². The highest BCUT2D eigenvalue weighted by Gasteiger charge is 2.30. The van der Waals surface area contributed by atoms with Crippen LogP contribution < -0.4 is 4.94 Å². The summed E-state index contributed by atoms with van der Waals surface area (Å²) in [6.07, 6.45) is 0. The van der Waals surface area contributed by atoms with E-state index in [0.717, 1.165) is 17.1 Å². The summed E-state index contributed by atoms with van der Waals surface area (Å²) in [5.74, 6) is -2.70. The number of hydrazine groups is 1. The summed E-state index contributed by atoms with van der Waals surface area (Å²) in [5.41, 5.74) is -1.34. The Morgan fingerprint density at radius 2 is 1.76 bits per heavy atom. The van der Waals surface area contributed by atoms with Crippen LogP contribution in [0.25, 0.3) is 0 Å². The average molecular weight is 263 g/mol. The molecule has 0 unspecified atom stereocenters. The van der Waals surface area contributed by atoms with E-state index in [0.29, 0.717) is 0 Å². The zero-order valence-corrected chi connectivity index (χ0v) is 10.5. The summed E-state index contributed by atoms with van der Waals surface area (Å²) in [6, 6.07) is 3.23. The molecule has 94 valence electrons. The summed E-state index contributed by atoms with van der Waals surface area (Å²) < 4.78 is 26.9. The van der Waals surface area contributed by atoms with Gasteiger partial charge >= 0.3 is 0 Å². The predicted molar refractivity (Wildman–Crippen MR) is 61.3 cm³/mol. The van der Waals surface area contributed by atoms with Crippen LogP contribution >= 0.6 is 11.8 Å². The Hall–Kier alpha value is -1.20. The van der Waals surface area contributed by atoms with E-state index in [1.807, 2.05) is 0 Å². The van der Waals surface area contributed by atoms with Crippen LogP contribution in [0.3, 0.4) is 0 Å². The monoisotopic (exact) mass is 262 g/mol. The third-order valence-electron chi connectivity index (χ3n) is 2.14. The van der Waals surface area contributed by atoms with Crippen LogP contribution in [0, 0.1) is 11.6 Å². The molecule has 0 aromatic heterocycles. The number of rotatable bonds is 2. The van der Waals surface area contributed by atoms with Crippen LogP contribution in [0.5, 0.6) is 0 Å². The number of amides is 1. The minimum Gasteiger partial charge on any atom is -0.267 e. The van der Waals surface area contributed by atoms with Gasteiger partial charge < -0.3 is 0 Å². The zero-order chi connectivity index (χ0) is 13.2. The topological polar surface area (TPSA) is 32.3 Å². The molecule has 0 bridgehead atoms. The van der Waals surface area contributed by atoms with Crippen molar-refractivity contribution in [2.24, 2.45) is 0 Å². The molecule has 0 spiro atoms. The molecule has 17 heavy (non-hydrogen) atoms. The maximum Gasteiger partial charge on any atom is 0.275 e. The van der Waals surface area contributed by atoms with Crippen molar-refractivity contribution in [1.29, 1.82) is 0 Å². The van der Waals surface area contributed by atoms with Crippen LogP contribution in [0.15, 0.2) is 18.2 Å².